The van der Waals surface area contributed by atoms with E-state index in [1.165, 1.54) is 6.42 Å². The molecule has 0 spiro atoms. The van der Waals surface area contributed by atoms with Crippen molar-refractivity contribution < 1.29 is 8.42 Å². The molecule has 1 aliphatic rings. The molecule has 0 amide bonds. The molecule has 1 aromatic carbocycles. The van der Waals surface area contributed by atoms with Crippen LogP contribution in [0.2, 0.25) is 0 Å². The van der Waals surface area contributed by atoms with Crippen LogP contribution in [0.1, 0.15) is 43.7 Å². The van der Waals surface area contributed by atoms with Crippen LogP contribution in [0.15, 0.2) is 23.1 Å². The molecule has 2 rings (SSSR count). The predicted molar refractivity (Wildman–Crippen MR) is 80.8 cm³/mol. The molecule has 0 aliphatic heterocycles. The number of rotatable bonds is 6. The molecule has 0 aromatic heterocycles. The summed E-state index contributed by atoms with van der Waals surface area (Å²) in [5.41, 5.74) is 7.45. The highest BCUT2D eigenvalue weighted by molar-refractivity contribution is 7.89. The maximum absolute atomic E-state index is 12.4. The molecule has 0 atom stereocenters. The van der Waals surface area contributed by atoms with E-state index < -0.39 is 10.0 Å². The second kappa shape index (κ2) is 5.84. The van der Waals surface area contributed by atoms with Crippen molar-refractivity contribution in [1.82, 2.24) is 4.72 Å². The number of nitrogens with one attached hydrogen (secondary N) is 1. The molecular formula is C15H24N2O2S. The molecule has 3 N–H and O–H groups in total. The molecule has 0 radical (unpaired) electrons. The summed E-state index contributed by atoms with van der Waals surface area (Å²) >= 11 is 0. The minimum Gasteiger partial charge on any atom is -0.326 e. The SMILES string of the molecule is CCC1(CNS(=O)(=O)c2ccc(CN)cc2C)CCC1. The fourth-order valence-electron chi connectivity index (χ4n) is 2.80. The molecule has 1 fully saturated rings. The molecule has 0 unspecified atom stereocenters. The van der Waals surface area contributed by atoms with Gasteiger partial charge in [0.05, 0.1) is 4.90 Å². The Balaban J connectivity index is 2.14. The van der Waals surface area contributed by atoms with Crippen molar-refractivity contribution in [3.05, 3.63) is 29.3 Å². The Morgan fingerprint density at radius 3 is 2.50 bits per heavy atom. The second-order valence-electron chi connectivity index (χ2n) is 5.84. The standard InChI is InChI=1S/C15H24N2O2S/c1-3-15(7-4-8-15)11-17-20(18,19)14-6-5-13(10-16)9-12(14)2/h5-6,9,17H,3-4,7-8,10-11,16H2,1-2H3. The number of hydrogen-bond acceptors (Lipinski definition) is 3. The number of benzene rings is 1. The summed E-state index contributed by atoms with van der Waals surface area (Å²) < 4.78 is 27.6. The second-order valence-corrected chi connectivity index (χ2v) is 7.57. The van der Waals surface area contributed by atoms with Gasteiger partial charge in [-0.25, -0.2) is 13.1 Å². The van der Waals surface area contributed by atoms with E-state index >= 15 is 0 Å². The first kappa shape index (κ1) is 15.5. The Kier molecular flexibility index (Phi) is 4.52. The van der Waals surface area contributed by atoms with Gasteiger partial charge in [-0.1, -0.05) is 25.5 Å². The van der Waals surface area contributed by atoms with Crippen LogP contribution in [-0.4, -0.2) is 15.0 Å². The summed E-state index contributed by atoms with van der Waals surface area (Å²) in [4.78, 5) is 0.361. The third-order valence-electron chi connectivity index (χ3n) is 4.57. The van der Waals surface area contributed by atoms with Crippen LogP contribution < -0.4 is 10.5 Å². The smallest absolute Gasteiger partial charge is 0.240 e. The average molecular weight is 296 g/mol. The maximum atomic E-state index is 12.4. The molecule has 112 valence electrons. The van der Waals surface area contributed by atoms with Gasteiger partial charge >= 0.3 is 0 Å². The number of aryl methyl sites for hydroxylation is 1. The van der Waals surface area contributed by atoms with E-state index in [-0.39, 0.29) is 5.41 Å². The molecule has 20 heavy (non-hydrogen) atoms. The van der Waals surface area contributed by atoms with E-state index in [9.17, 15) is 8.42 Å². The fraction of sp³-hybridized carbons (Fsp3) is 0.600. The Hall–Kier alpha value is -0.910. The first-order valence-corrected chi connectivity index (χ1v) is 8.70. The Labute approximate surface area is 121 Å². The average Bonchev–Trinajstić information content (AvgIpc) is 2.37. The van der Waals surface area contributed by atoms with Crippen LogP contribution >= 0.6 is 0 Å². The molecule has 0 saturated heterocycles. The first-order chi connectivity index (χ1) is 9.42. The highest BCUT2D eigenvalue weighted by Crippen LogP contribution is 2.43. The van der Waals surface area contributed by atoms with Crippen molar-refractivity contribution in [3.63, 3.8) is 0 Å². The molecule has 1 aromatic rings. The van der Waals surface area contributed by atoms with Gasteiger partial charge in [-0.3, -0.25) is 0 Å². The topological polar surface area (TPSA) is 72.2 Å². The number of nitrogens with two attached hydrogens (primary N) is 1. The lowest BCUT2D eigenvalue weighted by molar-refractivity contribution is 0.133. The van der Waals surface area contributed by atoms with Crippen molar-refractivity contribution in [2.75, 3.05) is 6.54 Å². The van der Waals surface area contributed by atoms with E-state index in [0.29, 0.717) is 18.0 Å². The molecule has 0 heterocycles. The molecular weight excluding hydrogens is 272 g/mol. The minimum absolute atomic E-state index is 0.179. The van der Waals surface area contributed by atoms with E-state index in [1.807, 2.05) is 13.0 Å². The maximum Gasteiger partial charge on any atom is 0.240 e. The monoisotopic (exact) mass is 296 g/mol. The van der Waals surface area contributed by atoms with Crippen molar-refractivity contribution in [3.8, 4) is 0 Å². The zero-order valence-corrected chi connectivity index (χ0v) is 13.1. The van der Waals surface area contributed by atoms with E-state index in [0.717, 1.165) is 30.4 Å². The lowest BCUT2D eigenvalue weighted by Crippen LogP contribution is -2.41. The fourth-order valence-corrected chi connectivity index (χ4v) is 4.18. The Morgan fingerprint density at radius 2 is 2.05 bits per heavy atom. The highest BCUT2D eigenvalue weighted by Gasteiger charge is 2.36. The van der Waals surface area contributed by atoms with Gasteiger partial charge in [0, 0.05) is 13.1 Å². The van der Waals surface area contributed by atoms with Gasteiger partial charge in [-0.15, -0.1) is 0 Å². The van der Waals surface area contributed by atoms with Crippen molar-refractivity contribution in [2.45, 2.75) is 51.0 Å². The van der Waals surface area contributed by atoms with Gasteiger partial charge in [-0.05, 0) is 48.8 Å². The minimum atomic E-state index is -3.43. The zero-order valence-electron chi connectivity index (χ0n) is 12.3. The Bertz CT molecular complexity index is 572. The molecule has 0 bridgehead atoms. The van der Waals surface area contributed by atoms with Crippen LogP contribution in [0.5, 0.6) is 0 Å². The lowest BCUT2D eigenvalue weighted by atomic mass is 9.67. The van der Waals surface area contributed by atoms with Gasteiger partial charge in [0.15, 0.2) is 0 Å². The van der Waals surface area contributed by atoms with Gasteiger partial charge in [0.2, 0.25) is 10.0 Å². The van der Waals surface area contributed by atoms with Crippen LogP contribution in [-0.2, 0) is 16.6 Å². The van der Waals surface area contributed by atoms with Gasteiger partial charge in [0.25, 0.3) is 0 Å². The van der Waals surface area contributed by atoms with E-state index in [2.05, 4.69) is 11.6 Å². The number of hydrogen-bond donors (Lipinski definition) is 2. The molecule has 1 aliphatic carbocycles. The normalized spacial score (nSPS) is 17.8. The lowest BCUT2D eigenvalue weighted by Gasteiger charge is -2.41. The highest BCUT2D eigenvalue weighted by atomic mass is 32.2. The molecule has 1 saturated carbocycles. The van der Waals surface area contributed by atoms with Crippen molar-refractivity contribution in [2.24, 2.45) is 11.1 Å². The quantitative estimate of drug-likeness (QED) is 0.846. The predicted octanol–water partition coefficient (Wildman–Crippen LogP) is 2.31. The van der Waals surface area contributed by atoms with Gasteiger partial charge in [0.1, 0.15) is 0 Å². The summed E-state index contributed by atoms with van der Waals surface area (Å²) in [6.07, 6.45) is 4.48. The Morgan fingerprint density at radius 1 is 1.35 bits per heavy atom. The molecule has 5 heteroatoms. The molecule has 4 nitrogen and oxygen atoms in total. The summed E-state index contributed by atoms with van der Waals surface area (Å²) in [5, 5.41) is 0. The van der Waals surface area contributed by atoms with Crippen molar-refractivity contribution >= 4 is 10.0 Å². The van der Waals surface area contributed by atoms with Crippen LogP contribution in [0.3, 0.4) is 0 Å². The van der Waals surface area contributed by atoms with E-state index in [1.54, 1.807) is 12.1 Å². The summed E-state index contributed by atoms with van der Waals surface area (Å²) in [7, 11) is -3.43. The summed E-state index contributed by atoms with van der Waals surface area (Å²) in [6.45, 7) is 4.92. The summed E-state index contributed by atoms with van der Waals surface area (Å²) in [6, 6.07) is 5.27. The van der Waals surface area contributed by atoms with Gasteiger partial charge in [-0.2, -0.15) is 0 Å². The van der Waals surface area contributed by atoms with Crippen LogP contribution in [0, 0.1) is 12.3 Å². The van der Waals surface area contributed by atoms with Gasteiger partial charge < -0.3 is 5.73 Å². The first-order valence-electron chi connectivity index (χ1n) is 7.22. The third kappa shape index (κ3) is 3.05. The van der Waals surface area contributed by atoms with E-state index in [4.69, 9.17) is 5.73 Å². The third-order valence-corrected chi connectivity index (χ3v) is 6.13. The zero-order chi connectivity index (χ0) is 14.8. The largest absolute Gasteiger partial charge is 0.326 e. The van der Waals surface area contributed by atoms with Crippen LogP contribution in [0.4, 0.5) is 0 Å². The summed E-state index contributed by atoms with van der Waals surface area (Å²) in [5.74, 6) is 0. The van der Waals surface area contributed by atoms with Crippen LogP contribution in [0.25, 0.3) is 0 Å². The number of sulfonamides is 1. The van der Waals surface area contributed by atoms with Crippen molar-refractivity contribution in [1.29, 1.82) is 0 Å².